The predicted molar refractivity (Wildman–Crippen MR) is 115 cm³/mol. The Morgan fingerprint density at radius 1 is 1.07 bits per heavy atom. The number of amidine groups is 1. The number of fused-ring (bicyclic) bond motifs is 1. The molecule has 0 radical (unpaired) electrons. The molecule has 6 nitrogen and oxygen atoms in total. The summed E-state index contributed by atoms with van der Waals surface area (Å²) in [6.07, 6.45) is 2.19. The molecule has 6 heteroatoms. The Labute approximate surface area is 171 Å². The summed E-state index contributed by atoms with van der Waals surface area (Å²) in [4.78, 5) is 16.8. The highest BCUT2D eigenvalue weighted by atomic mass is 16.5. The van der Waals surface area contributed by atoms with Crippen LogP contribution < -0.4 is 5.01 Å². The van der Waals surface area contributed by atoms with Gasteiger partial charge in [-0.15, -0.1) is 5.10 Å². The van der Waals surface area contributed by atoms with Gasteiger partial charge in [-0.2, -0.15) is 0 Å². The van der Waals surface area contributed by atoms with Gasteiger partial charge in [-0.3, -0.25) is 0 Å². The Morgan fingerprint density at radius 2 is 1.76 bits per heavy atom. The molecule has 0 aromatic heterocycles. The van der Waals surface area contributed by atoms with Crippen LogP contribution >= 0.6 is 0 Å². The zero-order valence-electron chi connectivity index (χ0n) is 17.3. The molecule has 150 valence electrons. The Kier molecular flexibility index (Phi) is 4.78. The molecule has 2 aromatic rings. The smallest absolute Gasteiger partial charge is 0.375 e. The number of benzene rings is 2. The molecule has 0 bridgehead atoms. The van der Waals surface area contributed by atoms with Crippen LogP contribution in [0.25, 0.3) is 5.70 Å². The van der Waals surface area contributed by atoms with Gasteiger partial charge in [-0.05, 0) is 37.6 Å². The number of hydrogen-bond acceptors (Lipinski definition) is 6. The molecular formula is C23H26N4O2. The summed E-state index contributed by atoms with van der Waals surface area (Å²) in [7, 11) is 3.47. The van der Waals surface area contributed by atoms with Crippen LogP contribution in [0.2, 0.25) is 0 Å². The first-order valence-corrected chi connectivity index (χ1v) is 9.75. The van der Waals surface area contributed by atoms with Gasteiger partial charge in [-0.25, -0.2) is 9.80 Å². The second-order valence-electron chi connectivity index (χ2n) is 7.63. The van der Waals surface area contributed by atoms with Crippen molar-refractivity contribution in [1.82, 2.24) is 9.80 Å². The topological polar surface area (TPSA) is 48.4 Å². The second-order valence-corrected chi connectivity index (χ2v) is 7.63. The number of anilines is 1. The van der Waals surface area contributed by atoms with Crippen molar-refractivity contribution in [1.29, 1.82) is 0 Å². The largest absolute Gasteiger partial charge is 0.463 e. The Hall–Kier alpha value is -3.28. The maximum atomic E-state index is 12.5. The minimum Gasteiger partial charge on any atom is -0.463 e. The van der Waals surface area contributed by atoms with Gasteiger partial charge in [0.1, 0.15) is 0 Å². The number of esters is 1. The highest BCUT2D eigenvalue weighted by molar-refractivity contribution is 6.36. The number of likely N-dealkylation sites (N-methyl/N-ethyl adjacent to an activating group) is 1. The van der Waals surface area contributed by atoms with Crippen molar-refractivity contribution in [3.63, 3.8) is 0 Å². The molecule has 0 aliphatic carbocycles. The van der Waals surface area contributed by atoms with Crippen molar-refractivity contribution in [2.45, 2.75) is 19.5 Å². The summed E-state index contributed by atoms with van der Waals surface area (Å²) in [6.45, 7) is 5.55. The number of ether oxygens (including phenoxy) is 1. The fraction of sp³-hybridized carbons (Fsp3) is 0.304. The van der Waals surface area contributed by atoms with Gasteiger partial charge in [0.25, 0.3) is 0 Å². The molecule has 2 heterocycles. The minimum absolute atomic E-state index is 0.328. The minimum atomic E-state index is -0.644. The average molecular weight is 390 g/mol. The number of carbonyl (C=O) groups excluding carboxylic acids is 1. The van der Waals surface area contributed by atoms with Crippen molar-refractivity contribution >= 4 is 23.2 Å². The van der Waals surface area contributed by atoms with E-state index in [0.717, 1.165) is 23.5 Å². The van der Waals surface area contributed by atoms with E-state index in [2.05, 4.69) is 56.1 Å². The van der Waals surface area contributed by atoms with E-state index < -0.39 is 11.6 Å². The summed E-state index contributed by atoms with van der Waals surface area (Å²) < 4.78 is 5.04. The lowest BCUT2D eigenvalue weighted by atomic mass is 10.0. The highest BCUT2D eigenvalue weighted by Crippen LogP contribution is 2.38. The normalized spacial score (nSPS) is 21.3. The highest BCUT2D eigenvalue weighted by Gasteiger charge is 2.48. The quantitative estimate of drug-likeness (QED) is 0.753. The molecule has 0 spiro atoms. The van der Waals surface area contributed by atoms with Crippen LogP contribution in [-0.2, 0) is 9.53 Å². The summed E-state index contributed by atoms with van der Waals surface area (Å²) >= 11 is 0. The molecule has 29 heavy (non-hydrogen) atoms. The molecule has 0 fully saturated rings. The molecule has 0 N–H and O–H groups in total. The van der Waals surface area contributed by atoms with Crippen molar-refractivity contribution in [3.05, 3.63) is 71.8 Å². The van der Waals surface area contributed by atoms with Crippen LogP contribution in [0.3, 0.4) is 0 Å². The third kappa shape index (κ3) is 3.24. The molecule has 0 saturated heterocycles. The maximum absolute atomic E-state index is 12.5. The number of carbonyl (C=O) groups is 1. The SMILES string of the molecule is COC(=O)C1=NN(c2ccc(C)cc2)C2(C)C=C(c3ccccc3)N(C)CCN12. The average Bonchev–Trinajstić information content (AvgIpc) is 2.95. The van der Waals surface area contributed by atoms with E-state index in [4.69, 9.17) is 9.84 Å². The Morgan fingerprint density at radius 3 is 2.41 bits per heavy atom. The fourth-order valence-corrected chi connectivity index (χ4v) is 3.95. The van der Waals surface area contributed by atoms with E-state index in [0.29, 0.717) is 12.4 Å². The van der Waals surface area contributed by atoms with Crippen LogP contribution in [0.5, 0.6) is 0 Å². The molecule has 2 aliphatic heterocycles. The summed E-state index contributed by atoms with van der Waals surface area (Å²) in [5.41, 5.74) is 3.69. The molecule has 2 aromatic carbocycles. The number of nitrogens with zero attached hydrogens (tertiary/aromatic N) is 4. The lowest BCUT2D eigenvalue weighted by molar-refractivity contribution is -0.133. The fourth-order valence-electron chi connectivity index (χ4n) is 3.95. The Balaban J connectivity index is 1.87. The number of hydrogen-bond donors (Lipinski definition) is 0. The lowest BCUT2D eigenvalue weighted by Gasteiger charge is -2.38. The lowest BCUT2D eigenvalue weighted by Crippen LogP contribution is -2.54. The van der Waals surface area contributed by atoms with Crippen LogP contribution in [0.1, 0.15) is 18.1 Å². The van der Waals surface area contributed by atoms with Gasteiger partial charge >= 0.3 is 5.97 Å². The van der Waals surface area contributed by atoms with Gasteiger partial charge in [0.2, 0.25) is 5.84 Å². The van der Waals surface area contributed by atoms with E-state index >= 15 is 0 Å². The standard InChI is InChI=1S/C23H26N4O2/c1-17-10-12-19(13-11-17)27-23(2)16-20(18-8-6-5-7-9-18)25(3)14-15-26(23)21(24-27)22(28)29-4/h5-13,16H,14-15H2,1-4H3. The first-order chi connectivity index (χ1) is 13.9. The van der Waals surface area contributed by atoms with Crippen molar-refractivity contribution < 1.29 is 9.53 Å². The third-order valence-corrected chi connectivity index (χ3v) is 5.62. The van der Waals surface area contributed by atoms with Crippen LogP contribution in [0, 0.1) is 6.92 Å². The van der Waals surface area contributed by atoms with Gasteiger partial charge < -0.3 is 14.5 Å². The number of methoxy groups -OCH3 is 1. The van der Waals surface area contributed by atoms with Crippen molar-refractivity contribution in [2.24, 2.45) is 5.10 Å². The summed E-state index contributed by atoms with van der Waals surface area (Å²) in [6, 6.07) is 18.5. The first kappa shape index (κ1) is 19.1. The Bertz CT molecular complexity index is 968. The van der Waals surface area contributed by atoms with E-state index in [1.807, 2.05) is 40.2 Å². The van der Waals surface area contributed by atoms with Gasteiger partial charge in [0, 0.05) is 25.8 Å². The summed E-state index contributed by atoms with van der Waals surface area (Å²) in [5, 5.41) is 6.63. The first-order valence-electron chi connectivity index (χ1n) is 9.75. The second kappa shape index (κ2) is 7.28. The molecule has 0 saturated carbocycles. The van der Waals surface area contributed by atoms with Crippen LogP contribution in [0.4, 0.5) is 5.69 Å². The molecule has 2 aliphatic rings. The third-order valence-electron chi connectivity index (χ3n) is 5.62. The van der Waals surface area contributed by atoms with Crippen molar-refractivity contribution in [3.8, 4) is 0 Å². The van der Waals surface area contributed by atoms with Gasteiger partial charge in [0.15, 0.2) is 5.66 Å². The number of rotatable bonds is 3. The van der Waals surface area contributed by atoms with Crippen LogP contribution in [0.15, 0.2) is 65.8 Å². The van der Waals surface area contributed by atoms with E-state index in [-0.39, 0.29) is 0 Å². The summed E-state index contributed by atoms with van der Waals surface area (Å²) in [5.74, 6) is -0.0976. The zero-order chi connectivity index (χ0) is 20.6. The zero-order valence-corrected chi connectivity index (χ0v) is 17.3. The maximum Gasteiger partial charge on any atom is 0.375 e. The van der Waals surface area contributed by atoms with Crippen LogP contribution in [-0.4, -0.2) is 54.5 Å². The molecule has 4 rings (SSSR count). The monoisotopic (exact) mass is 390 g/mol. The number of hydrazone groups is 1. The van der Waals surface area contributed by atoms with Gasteiger partial charge in [0.05, 0.1) is 12.8 Å². The van der Waals surface area contributed by atoms with E-state index in [1.54, 1.807) is 0 Å². The molecule has 0 amide bonds. The molecule has 1 atom stereocenters. The van der Waals surface area contributed by atoms with Gasteiger partial charge in [-0.1, -0.05) is 48.0 Å². The molecule has 1 unspecified atom stereocenters. The van der Waals surface area contributed by atoms with Crippen molar-refractivity contribution in [2.75, 3.05) is 32.3 Å². The molecular weight excluding hydrogens is 364 g/mol. The van der Waals surface area contributed by atoms with E-state index in [9.17, 15) is 4.79 Å². The number of aryl methyl sites for hydroxylation is 1. The predicted octanol–water partition coefficient (Wildman–Crippen LogP) is 3.31. The van der Waals surface area contributed by atoms with E-state index in [1.165, 1.54) is 12.7 Å².